The van der Waals surface area contributed by atoms with Crippen LogP contribution >= 0.6 is 11.6 Å². The highest BCUT2D eigenvalue weighted by atomic mass is 35.5. The molecular weight excluding hydrogens is 256 g/mol. The van der Waals surface area contributed by atoms with Crippen molar-refractivity contribution in [2.24, 2.45) is 0 Å². The van der Waals surface area contributed by atoms with Crippen molar-refractivity contribution in [3.8, 4) is 0 Å². The van der Waals surface area contributed by atoms with Crippen LogP contribution in [0.5, 0.6) is 0 Å². The van der Waals surface area contributed by atoms with Crippen LogP contribution in [0, 0.1) is 0 Å². The maximum atomic E-state index is 5.98. The molecule has 0 radical (unpaired) electrons. The molecule has 2 heterocycles. The smallest absolute Gasteiger partial charge is 0.129 e. The summed E-state index contributed by atoms with van der Waals surface area (Å²) in [6, 6.07) is 12.6. The van der Waals surface area contributed by atoms with E-state index in [0.717, 1.165) is 19.6 Å². The second-order valence-electron chi connectivity index (χ2n) is 5.26. The molecule has 0 fully saturated rings. The molecule has 2 nitrogen and oxygen atoms in total. The zero-order valence-corrected chi connectivity index (χ0v) is 11.8. The number of rotatable bonds is 2. The van der Waals surface area contributed by atoms with Gasteiger partial charge < -0.3 is 0 Å². The van der Waals surface area contributed by atoms with E-state index in [1.54, 1.807) is 0 Å². The Morgan fingerprint density at radius 2 is 2.11 bits per heavy atom. The Morgan fingerprint density at radius 3 is 2.89 bits per heavy atom. The summed E-state index contributed by atoms with van der Waals surface area (Å²) in [6.45, 7) is 5.28. The zero-order chi connectivity index (χ0) is 13.2. The van der Waals surface area contributed by atoms with Crippen LogP contribution in [-0.4, -0.2) is 16.4 Å². The first-order chi connectivity index (χ1) is 9.22. The van der Waals surface area contributed by atoms with E-state index in [1.807, 2.05) is 12.3 Å². The van der Waals surface area contributed by atoms with Crippen molar-refractivity contribution in [1.29, 1.82) is 0 Å². The van der Waals surface area contributed by atoms with E-state index in [2.05, 4.69) is 47.1 Å². The number of hydrogen-bond acceptors (Lipinski definition) is 2. The maximum Gasteiger partial charge on any atom is 0.129 e. The Hall–Kier alpha value is -1.38. The predicted molar refractivity (Wildman–Crippen MR) is 78.2 cm³/mol. The Balaban J connectivity index is 1.80. The van der Waals surface area contributed by atoms with E-state index < -0.39 is 0 Å². The van der Waals surface area contributed by atoms with Crippen LogP contribution in [-0.2, 0) is 13.1 Å². The number of nitrogens with zero attached hydrogens (tertiary/aromatic N) is 2. The summed E-state index contributed by atoms with van der Waals surface area (Å²) in [4.78, 5) is 6.68. The molecule has 0 saturated heterocycles. The minimum atomic E-state index is 0.507. The average molecular weight is 273 g/mol. The van der Waals surface area contributed by atoms with Gasteiger partial charge in [0.2, 0.25) is 0 Å². The first-order valence-corrected chi connectivity index (χ1v) is 7.01. The Bertz CT molecular complexity index is 568. The van der Waals surface area contributed by atoms with Gasteiger partial charge in [-0.25, -0.2) is 4.98 Å². The lowest BCUT2D eigenvalue weighted by Gasteiger charge is -2.32. The van der Waals surface area contributed by atoms with Gasteiger partial charge >= 0.3 is 0 Å². The third kappa shape index (κ3) is 2.80. The first-order valence-electron chi connectivity index (χ1n) is 6.63. The third-order valence-electron chi connectivity index (χ3n) is 3.70. The van der Waals surface area contributed by atoms with Gasteiger partial charge in [-0.2, -0.15) is 0 Å². The molecule has 0 bridgehead atoms. The van der Waals surface area contributed by atoms with E-state index in [-0.39, 0.29) is 0 Å². The van der Waals surface area contributed by atoms with Crippen LogP contribution in [0.3, 0.4) is 0 Å². The molecule has 0 aliphatic carbocycles. The summed E-state index contributed by atoms with van der Waals surface area (Å²) in [5.74, 6) is 0.507. The van der Waals surface area contributed by atoms with Gasteiger partial charge in [-0.3, -0.25) is 4.90 Å². The van der Waals surface area contributed by atoms with Crippen LogP contribution in [0.2, 0.25) is 5.15 Å². The number of pyridine rings is 1. The molecule has 3 rings (SSSR count). The van der Waals surface area contributed by atoms with Gasteiger partial charge in [0.05, 0.1) is 0 Å². The molecule has 0 N–H and O–H groups in total. The van der Waals surface area contributed by atoms with Gasteiger partial charge in [0.25, 0.3) is 0 Å². The average Bonchev–Trinajstić information content (AvgIpc) is 2.41. The molecule has 0 saturated carbocycles. The molecule has 0 amide bonds. The molecule has 1 aromatic heterocycles. The molecule has 1 atom stereocenters. The van der Waals surface area contributed by atoms with E-state index in [4.69, 9.17) is 11.6 Å². The van der Waals surface area contributed by atoms with Gasteiger partial charge in [0.1, 0.15) is 5.15 Å². The van der Waals surface area contributed by atoms with Crippen molar-refractivity contribution >= 4 is 11.6 Å². The highest BCUT2D eigenvalue weighted by Crippen LogP contribution is 2.29. The Kier molecular flexibility index (Phi) is 3.54. The Labute approximate surface area is 119 Å². The molecule has 1 aromatic carbocycles. The quantitative estimate of drug-likeness (QED) is 0.772. The molecule has 0 unspecified atom stereocenters. The van der Waals surface area contributed by atoms with E-state index >= 15 is 0 Å². The van der Waals surface area contributed by atoms with Crippen LogP contribution in [0.1, 0.15) is 29.5 Å². The summed E-state index contributed by atoms with van der Waals surface area (Å²) in [7, 11) is 0. The van der Waals surface area contributed by atoms with Gasteiger partial charge in [0, 0.05) is 25.8 Å². The molecule has 0 spiro atoms. The number of fused-ring (bicyclic) bond motifs is 1. The van der Waals surface area contributed by atoms with Crippen molar-refractivity contribution in [3.63, 3.8) is 0 Å². The molecule has 1 aliphatic heterocycles. The normalized spacial score (nSPS) is 19.2. The lowest BCUT2D eigenvalue weighted by atomic mass is 9.92. The van der Waals surface area contributed by atoms with Gasteiger partial charge in [-0.15, -0.1) is 0 Å². The van der Waals surface area contributed by atoms with Crippen LogP contribution in [0.4, 0.5) is 0 Å². The minimum Gasteiger partial charge on any atom is -0.294 e. The standard InChI is InChI=1S/C16H17ClN2/c1-12-9-19(10-13-5-3-2-4-6-13)11-14-8-18-16(17)7-15(12)14/h2-8,12H,9-11H2,1H3/t12-/m0/s1. The predicted octanol–water partition coefficient (Wildman–Crippen LogP) is 3.85. The first kappa shape index (κ1) is 12.6. The van der Waals surface area contributed by atoms with Crippen molar-refractivity contribution in [3.05, 3.63) is 64.4 Å². The van der Waals surface area contributed by atoms with E-state index in [0.29, 0.717) is 11.1 Å². The zero-order valence-electron chi connectivity index (χ0n) is 11.0. The monoisotopic (exact) mass is 272 g/mol. The Morgan fingerprint density at radius 1 is 1.32 bits per heavy atom. The number of aromatic nitrogens is 1. The fraction of sp³-hybridized carbons (Fsp3) is 0.312. The SMILES string of the molecule is C[C@H]1CN(Cc2ccccc2)Cc2cnc(Cl)cc21. The second-order valence-corrected chi connectivity index (χ2v) is 5.65. The van der Waals surface area contributed by atoms with Crippen molar-refractivity contribution in [2.75, 3.05) is 6.54 Å². The molecule has 1 aliphatic rings. The number of benzene rings is 1. The van der Waals surface area contributed by atoms with Crippen molar-refractivity contribution < 1.29 is 0 Å². The van der Waals surface area contributed by atoms with Crippen molar-refractivity contribution in [2.45, 2.75) is 25.9 Å². The molecule has 98 valence electrons. The highest BCUT2D eigenvalue weighted by Gasteiger charge is 2.22. The number of halogens is 1. The lowest BCUT2D eigenvalue weighted by Crippen LogP contribution is -2.32. The summed E-state index contributed by atoms with van der Waals surface area (Å²) < 4.78 is 0. The molecule has 19 heavy (non-hydrogen) atoms. The fourth-order valence-electron chi connectivity index (χ4n) is 2.82. The number of hydrogen-bond donors (Lipinski definition) is 0. The molecular formula is C16H17ClN2. The second kappa shape index (κ2) is 5.32. The summed E-state index contributed by atoms with van der Waals surface area (Å²) >= 11 is 5.98. The van der Waals surface area contributed by atoms with Crippen LogP contribution < -0.4 is 0 Å². The maximum absolute atomic E-state index is 5.98. The van der Waals surface area contributed by atoms with Gasteiger partial charge in [0.15, 0.2) is 0 Å². The van der Waals surface area contributed by atoms with E-state index in [9.17, 15) is 0 Å². The summed E-state index contributed by atoms with van der Waals surface area (Å²) in [5.41, 5.74) is 4.02. The lowest BCUT2D eigenvalue weighted by molar-refractivity contribution is 0.226. The largest absolute Gasteiger partial charge is 0.294 e. The summed E-state index contributed by atoms with van der Waals surface area (Å²) in [5, 5.41) is 0.599. The van der Waals surface area contributed by atoms with Crippen molar-refractivity contribution in [1.82, 2.24) is 9.88 Å². The van der Waals surface area contributed by atoms with Crippen LogP contribution in [0.15, 0.2) is 42.6 Å². The topological polar surface area (TPSA) is 16.1 Å². The molecule has 2 aromatic rings. The third-order valence-corrected chi connectivity index (χ3v) is 3.90. The highest BCUT2D eigenvalue weighted by molar-refractivity contribution is 6.29. The minimum absolute atomic E-state index is 0.507. The van der Waals surface area contributed by atoms with Gasteiger partial charge in [-0.05, 0) is 28.7 Å². The van der Waals surface area contributed by atoms with E-state index in [1.165, 1.54) is 16.7 Å². The summed E-state index contributed by atoms with van der Waals surface area (Å²) in [6.07, 6.45) is 1.92. The molecule has 3 heteroatoms. The van der Waals surface area contributed by atoms with Crippen LogP contribution in [0.25, 0.3) is 0 Å². The fourth-order valence-corrected chi connectivity index (χ4v) is 2.98. The van der Waals surface area contributed by atoms with Gasteiger partial charge in [-0.1, -0.05) is 48.9 Å².